The fourth-order valence-corrected chi connectivity index (χ4v) is 4.20. The first-order valence-electron chi connectivity index (χ1n) is 8.33. The molecular formula is C15H33N3O2S. The standard InChI is InChI=1S/C15H33N3O2S/c1-5-9-16-12-15-7-10-18(11-8-15)21(19,20)17(4)13-14(3)6-2/h14-16H,5-13H2,1-4H3. The summed E-state index contributed by atoms with van der Waals surface area (Å²) in [6.45, 7) is 10.3. The fourth-order valence-electron chi connectivity index (χ4n) is 2.69. The number of piperidine rings is 1. The van der Waals surface area contributed by atoms with Crippen LogP contribution in [0.4, 0.5) is 0 Å². The third kappa shape index (κ3) is 5.85. The van der Waals surface area contributed by atoms with Crippen molar-refractivity contribution in [1.82, 2.24) is 13.9 Å². The molecule has 1 aliphatic rings. The van der Waals surface area contributed by atoms with E-state index in [1.807, 2.05) is 0 Å². The molecule has 1 N–H and O–H groups in total. The van der Waals surface area contributed by atoms with Crippen molar-refractivity contribution in [3.05, 3.63) is 0 Å². The molecule has 1 fully saturated rings. The van der Waals surface area contributed by atoms with Crippen LogP contribution in [0.25, 0.3) is 0 Å². The summed E-state index contributed by atoms with van der Waals surface area (Å²) in [5, 5.41) is 3.44. The average Bonchev–Trinajstić information content (AvgIpc) is 2.47. The lowest BCUT2D eigenvalue weighted by atomic mass is 9.98. The number of hydrogen-bond acceptors (Lipinski definition) is 3. The summed E-state index contributed by atoms with van der Waals surface area (Å²) in [6.07, 6.45) is 4.08. The fraction of sp³-hybridized carbons (Fsp3) is 1.00. The second-order valence-electron chi connectivity index (χ2n) is 6.35. The van der Waals surface area contributed by atoms with Crippen molar-refractivity contribution in [2.45, 2.75) is 46.5 Å². The number of nitrogens with one attached hydrogen (secondary N) is 1. The Morgan fingerprint density at radius 3 is 2.43 bits per heavy atom. The molecule has 0 spiro atoms. The van der Waals surface area contributed by atoms with Gasteiger partial charge in [-0.3, -0.25) is 0 Å². The molecule has 1 aliphatic heterocycles. The minimum absolute atomic E-state index is 0.403. The first-order chi connectivity index (χ1) is 9.91. The summed E-state index contributed by atoms with van der Waals surface area (Å²) in [6, 6.07) is 0. The lowest BCUT2D eigenvalue weighted by Gasteiger charge is -2.34. The van der Waals surface area contributed by atoms with Gasteiger partial charge in [-0.2, -0.15) is 17.0 Å². The highest BCUT2D eigenvalue weighted by Crippen LogP contribution is 2.21. The second-order valence-corrected chi connectivity index (χ2v) is 8.38. The van der Waals surface area contributed by atoms with Crippen LogP contribution in [-0.2, 0) is 10.2 Å². The van der Waals surface area contributed by atoms with Gasteiger partial charge in [-0.15, -0.1) is 0 Å². The van der Waals surface area contributed by atoms with Gasteiger partial charge in [0.1, 0.15) is 0 Å². The Kier molecular flexibility index (Phi) is 8.16. The summed E-state index contributed by atoms with van der Waals surface area (Å²) in [7, 11) is -1.56. The summed E-state index contributed by atoms with van der Waals surface area (Å²) in [5.41, 5.74) is 0. The molecule has 0 amide bonds. The van der Waals surface area contributed by atoms with Crippen LogP contribution in [0, 0.1) is 11.8 Å². The highest BCUT2D eigenvalue weighted by molar-refractivity contribution is 7.86. The van der Waals surface area contributed by atoms with Crippen LogP contribution in [0.2, 0.25) is 0 Å². The van der Waals surface area contributed by atoms with Gasteiger partial charge >= 0.3 is 0 Å². The zero-order valence-electron chi connectivity index (χ0n) is 14.1. The molecule has 5 nitrogen and oxygen atoms in total. The first kappa shape index (κ1) is 18.9. The second kappa shape index (κ2) is 9.08. The summed E-state index contributed by atoms with van der Waals surface area (Å²) < 4.78 is 28.3. The monoisotopic (exact) mass is 319 g/mol. The third-order valence-electron chi connectivity index (χ3n) is 4.42. The Morgan fingerprint density at radius 2 is 1.90 bits per heavy atom. The predicted octanol–water partition coefficient (Wildman–Crippen LogP) is 1.92. The van der Waals surface area contributed by atoms with Crippen LogP contribution >= 0.6 is 0 Å². The number of hydrogen-bond donors (Lipinski definition) is 1. The van der Waals surface area contributed by atoms with Crippen molar-refractivity contribution in [1.29, 1.82) is 0 Å². The lowest BCUT2D eigenvalue weighted by molar-refractivity contribution is 0.250. The van der Waals surface area contributed by atoms with Crippen molar-refractivity contribution in [3.8, 4) is 0 Å². The molecule has 0 radical (unpaired) electrons. The molecule has 0 aromatic carbocycles. The third-order valence-corrected chi connectivity index (χ3v) is 6.37. The molecule has 1 heterocycles. The van der Waals surface area contributed by atoms with Gasteiger partial charge in [0.15, 0.2) is 0 Å². The lowest BCUT2D eigenvalue weighted by Crippen LogP contribution is -2.47. The predicted molar refractivity (Wildman–Crippen MR) is 88.5 cm³/mol. The van der Waals surface area contributed by atoms with Crippen LogP contribution < -0.4 is 5.32 Å². The van der Waals surface area contributed by atoms with E-state index >= 15 is 0 Å². The van der Waals surface area contributed by atoms with Crippen molar-refractivity contribution >= 4 is 10.2 Å². The minimum atomic E-state index is -3.27. The van der Waals surface area contributed by atoms with Gasteiger partial charge in [0.2, 0.25) is 0 Å². The molecule has 1 atom stereocenters. The minimum Gasteiger partial charge on any atom is -0.316 e. The molecule has 0 bridgehead atoms. The van der Waals surface area contributed by atoms with E-state index in [9.17, 15) is 8.42 Å². The van der Waals surface area contributed by atoms with E-state index in [0.717, 1.165) is 38.8 Å². The van der Waals surface area contributed by atoms with Crippen LogP contribution in [0.15, 0.2) is 0 Å². The molecule has 0 aromatic heterocycles. The van der Waals surface area contributed by atoms with Crippen LogP contribution in [-0.4, -0.2) is 56.8 Å². The Labute approximate surface area is 131 Å². The van der Waals surface area contributed by atoms with Crippen LogP contribution in [0.1, 0.15) is 46.5 Å². The molecule has 1 rings (SSSR count). The molecular weight excluding hydrogens is 286 g/mol. The number of rotatable bonds is 9. The zero-order valence-corrected chi connectivity index (χ0v) is 15.0. The van der Waals surface area contributed by atoms with Gasteiger partial charge in [0, 0.05) is 26.7 Å². The SMILES string of the molecule is CCCNCC1CCN(S(=O)(=O)N(C)CC(C)CC)CC1. The van der Waals surface area contributed by atoms with E-state index in [4.69, 9.17) is 0 Å². The van der Waals surface area contributed by atoms with Gasteiger partial charge in [-0.05, 0) is 44.2 Å². The summed E-state index contributed by atoms with van der Waals surface area (Å²) >= 11 is 0. The van der Waals surface area contributed by atoms with Crippen LogP contribution in [0.3, 0.4) is 0 Å². The highest BCUT2D eigenvalue weighted by Gasteiger charge is 2.31. The average molecular weight is 320 g/mol. The Morgan fingerprint density at radius 1 is 1.29 bits per heavy atom. The van der Waals surface area contributed by atoms with E-state index in [0.29, 0.717) is 31.5 Å². The molecule has 1 unspecified atom stereocenters. The van der Waals surface area contributed by atoms with Crippen LogP contribution in [0.5, 0.6) is 0 Å². The van der Waals surface area contributed by atoms with E-state index in [1.165, 1.54) is 4.31 Å². The van der Waals surface area contributed by atoms with Gasteiger partial charge in [-0.25, -0.2) is 0 Å². The van der Waals surface area contributed by atoms with Gasteiger partial charge in [0.25, 0.3) is 10.2 Å². The maximum Gasteiger partial charge on any atom is 0.281 e. The van der Waals surface area contributed by atoms with E-state index in [2.05, 4.69) is 26.1 Å². The van der Waals surface area contributed by atoms with Crippen molar-refractivity contribution < 1.29 is 8.42 Å². The Hall–Kier alpha value is -0.170. The molecule has 21 heavy (non-hydrogen) atoms. The Bertz CT molecular complexity index is 378. The quantitative estimate of drug-likeness (QED) is 0.661. The van der Waals surface area contributed by atoms with E-state index in [1.54, 1.807) is 11.4 Å². The van der Waals surface area contributed by atoms with E-state index < -0.39 is 10.2 Å². The summed E-state index contributed by atoms with van der Waals surface area (Å²) in [4.78, 5) is 0. The molecule has 0 saturated carbocycles. The molecule has 1 saturated heterocycles. The van der Waals surface area contributed by atoms with E-state index in [-0.39, 0.29) is 0 Å². The molecule has 0 aliphatic carbocycles. The highest BCUT2D eigenvalue weighted by atomic mass is 32.2. The molecule has 126 valence electrons. The summed E-state index contributed by atoms with van der Waals surface area (Å²) in [5.74, 6) is 1.02. The topological polar surface area (TPSA) is 52.7 Å². The van der Waals surface area contributed by atoms with Crippen molar-refractivity contribution in [2.75, 3.05) is 39.8 Å². The number of nitrogens with zero attached hydrogens (tertiary/aromatic N) is 2. The van der Waals surface area contributed by atoms with Gasteiger partial charge < -0.3 is 5.32 Å². The molecule has 0 aromatic rings. The zero-order chi connectivity index (χ0) is 15.9. The van der Waals surface area contributed by atoms with Gasteiger partial charge in [0.05, 0.1) is 0 Å². The smallest absolute Gasteiger partial charge is 0.281 e. The normalized spacial score (nSPS) is 20.0. The Balaban J connectivity index is 2.44. The molecule has 6 heteroatoms. The maximum atomic E-state index is 12.5. The van der Waals surface area contributed by atoms with Gasteiger partial charge in [-0.1, -0.05) is 27.2 Å². The van der Waals surface area contributed by atoms with Crippen molar-refractivity contribution in [3.63, 3.8) is 0 Å². The largest absolute Gasteiger partial charge is 0.316 e. The van der Waals surface area contributed by atoms with Crippen molar-refractivity contribution in [2.24, 2.45) is 11.8 Å². The maximum absolute atomic E-state index is 12.5. The first-order valence-corrected chi connectivity index (χ1v) is 9.73.